The Kier molecular flexibility index (Phi) is 4.94. The second-order valence-electron chi connectivity index (χ2n) is 4.89. The highest BCUT2D eigenvalue weighted by Gasteiger charge is 2.19. The van der Waals surface area contributed by atoms with Crippen molar-refractivity contribution in [1.82, 2.24) is 14.8 Å². The summed E-state index contributed by atoms with van der Waals surface area (Å²) in [5.41, 5.74) is 10.7. The van der Waals surface area contributed by atoms with E-state index in [2.05, 4.69) is 39.9 Å². The van der Waals surface area contributed by atoms with Crippen LogP contribution in [0.3, 0.4) is 0 Å². The zero-order valence-electron chi connectivity index (χ0n) is 12.2. The maximum Gasteiger partial charge on any atom is 0.0766 e. The smallest absolute Gasteiger partial charge is 0.0766 e. The summed E-state index contributed by atoms with van der Waals surface area (Å²) in [4.78, 5) is 4.42. The van der Waals surface area contributed by atoms with Crippen LogP contribution < -0.4 is 5.73 Å². The van der Waals surface area contributed by atoms with E-state index in [1.165, 1.54) is 0 Å². The molecule has 2 heterocycles. The number of nitrogens with two attached hydrogens (primary N) is 1. The van der Waals surface area contributed by atoms with Gasteiger partial charge < -0.3 is 5.73 Å². The topological polar surface area (TPSA) is 56.7 Å². The summed E-state index contributed by atoms with van der Waals surface area (Å²) >= 11 is 3.66. The number of nitrogens with zero attached hydrogens (tertiary/aromatic N) is 3. The van der Waals surface area contributed by atoms with E-state index in [0.29, 0.717) is 0 Å². The monoisotopic (exact) mass is 336 g/mol. The number of aryl methyl sites for hydroxylation is 3. The molecule has 0 fully saturated rings. The normalized spacial score (nSPS) is 12.7. The van der Waals surface area contributed by atoms with Crippen LogP contribution in [0.4, 0.5) is 0 Å². The van der Waals surface area contributed by atoms with Crippen molar-refractivity contribution >= 4 is 15.9 Å². The van der Waals surface area contributed by atoms with Gasteiger partial charge in [0.2, 0.25) is 0 Å². The highest BCUT2D eigenvalue weighted by molar-refractivity contribution is 9.10. The Morgan fingerprint density at radius 2 is 2.15 bits per heavy atom. The molecule has 2 aromatic heterocycles. The van der Waals surface area contributed by atoms with Crippen LogP contribution in [0.1, 0.15) is 42.5 Å². The van der Waals surface area contributed by atoms with Crippen molar-refractivity contribution in [3.8, 4) is 0 Å². The van der Waals surface area contributed by atoms with E-state index in [1.807, 2.05) is 23.7 Å². The van der Waals surface area contributed by atoms with Crippen LogP contribution in [-0.2, 0) is 19.4 Å². The molecule has 2 aromatic rings. The molecule has 5 heteroatoms. The Bertz CT molecular complexity index is 592. The van der Waals surface area contributed by atoms with Crippen molar-refractivity contribution in [3.63, 3.8) is 0 Å². The lowest BCUT2D eigenvalue weighted by Crippen LogP contribution is -2.18. The fraction of sp³-hybridized carbons (Fsp3) is 0.467. The van der Waals surface area contributed by atoms with Gasteiger partial charge in [-0.15, -0.1) is 0 Å². The zero-order valence-corrected chi connectivity index (χ0v) is 13.8. The van der Waals surface area contributed by atoms with Crippen molar-refractivity contribution in [1.29, 1.82) is 0 Å². The van der Waals surface area contributed by atoms with Crippen molar-refractivity contribution in [2.75, 3.05) is 0 Å². The number of hydrogen-bond donors (Lipinski definition) is 1. The van der Waals surface area contributed by atoms with Crippen LogP contribution >= 0.6 is 15.9 Å². The van der Waals surface area contributed by atoms with Gasteiger partial charge in [-0.25, -0.2) is 0 Å². The molecule has 0 saturated heterocycles. The van der Waals surface area contributed by atoms with Gasteiger partial charge in [-0.1, -0.05) is 13.0 Å². The number of rotatable bonds is 5. The first-order valence-corrected chi connectivity index (χ1v) is 7.78. The van der Waals surface area contributed by atoms with E-state index in [-0.39, 0.29) is 6.04 Å². The van der Waals surface area contributed by atoms with Crippen LogP contribution in [0, 0.1) is 6.92 Å². The van der Waals surface area contributed by atoms with Crippen molar-refractivity contribution in [2.45, 2.75) is 46.2 Å². The third-order valence-electron chi connectivity index (χ3n) is 3.51. The minimum absolute atomic E-state index is 0.112. The predicted molar refractivity (Wildman–Crippen MR) is 84.6 cm³/mol. The fourth-order valence-corrected chi connectivity index (χ4v) is 3.13. The van der Waals surface area contributed by atoms with Crippen LogP contribution in [0.15, 0.2) is 22.8 Å². The summed E-state index contributed by atoms with van der Waals surface area (Å²) in [6.07, 6.45) is 3.45. The van der Waals surface area contributed by atoms with E-state index in [0.717, 1.165) is 46.5 Å². The molecule has 0 amide bonds. The lowest BCUT2D eigenvalue weighted by molar-refractivity contribution is 0.578. The quantitative estimate of drug-likeness (QED) is 0.912. The van der Waals surface area contributed by atoms with Crippen molar-refractivity contribution in [2.24, 2.45) is 5.73 Å². The van der Waals surface area contributed by atoms with Gasteiger partial charge >= 0.3 is 0 Å². The molecule has 0 aliphatic rings. The maximum atomic E-state index is 6.35. The van der Waals surface area contributed by atoms with Gasteiger partial charge in [0.05, 0.1) is 27.6 Å². The first kappa shape index (κ1) is 15.2. The van der Waals surface area contributed by atoms with E-state index in [4.69, 9.17) is 5.73 Å². The SMILES string of the molecule is CCc1nn(CC)c(CC(N)c2ncccc2C)c1Br. The average molecular weight is 337 g/mol. The molecule has 2 N–H and O–H groups in total. The molecule has 0 radical (unpaired) electrons. The highest BCUT2D eigenvalue weighted by atomic mass is 79.9. The molecule has 1 unspecified atom stereocenters. The Morgan fingerprint density at radius 1 is 1.40 bits per heavy atom. The number of aromatic nitrogens is 3. The zero-order chi connectivity index (χ0) is 14.7. The molecule has 0 saturated carbocycles. The third kappa shape index (κ3) is 2.94. The summed E-state index contributed by atoms with van der Waals surface area (Å²) < 4.78 is 3.12. The van der Waals surface area contributed by atoms with Crippen LogP contribution in [-0.4, -0.2) is 14.8 Å². The average Bonchev–Trinajstić information content (AvgIpc) is 2.75. The minimum atomic E-state index is -0.112. The first-order chi connectivity index (χ1) is 9.58. The van der Waals surface area contributed by atoms with Gasteiger partial charge in [-0.3, -0.25) is 9.67 Å². The Labute approximate surface area is 128 Å². The predicted octanol–water partition coefficient (Wildman–Crippen LogP) is 3.17. The Hall–Kier alpha value is -1.20. The van der Waals surface area contributed by atoms with Gasteiger partial charge in [0, 0.05) is 19.2 Å². The largest absolute Gasteiger partial charge is 0.322 e. The lowest BCUT2D eigenvalue weighted by atomic mass is 10.0. The number of pyridine rings is 1. The number of hydrogen-bond acceptors (Lipinski definition) is 3. The number of halogens is 1. The van der Waals surface area contributed by atoms with E-state index < -0.39 is 0 Å². The standard InChI is InChI=1S/C15H21BrN4/c1-4-12-14(16)13(20(5-2)19-12)9-11(17)15-10(3)7-6-8-18-15/h6-8,11H,4-5,9,17H2,1-3H3. The summed E-state index contributed by atoms with van der Waals surface area (Å²) in [5.74, 6) is 0. The molecule has 0 aliphatic heterocycles. The molecule has 1 atom stereocenters. The molecule has 0 aromatic carbocycles. The molecular weight excluding hydrogens is 316 g/mol. The Balaban J connectivity index is 2.30. The van der Waals surface area contributed by atoms with Crippen molar-refractivity contribution < 1.29 is 0 Å². The van der Waals surface area contributed by atoms with E-state index >= 15 is 0 Å². The van der Waals surface area contributed by atoms with E-state index in [1.54, 1.807) is 6.20 Å². The lowest BCUT2D eigenvalue weighted by Gasteiger charge is -2.14. The Morgan fingerprint density at radius 3 is 2.75 bits per heavy atom. The maximum absolute atomic E-state index is 6.35. The molecule has 0 spiro atoms. The van der Waals surface area contributed by atoms with E-state index in [9.17, 15) is 0 Å². The van der Waals surface area contributed by atoms with Gasteiger partial charge in [-0.2, -0.15) is 5.10 Å². The first-order valence-electron chi connectivity index (χ1n) is 6.99. The molecule has 0 bridgehead atoms. The summed E-state index contributed by atoms with van der Waals surface area (Å²) in [7, 11) is 0. The van der Waals surface area contributed by atoms with Gasteiger partial charge in [0.15, 0.2) is 0 Å². The second kappa shape index (κ2) is 6.50. The van der Waals surface area contributed by atoms with Gasteiger partial charge in [0.1, 0.15) is 0 Å². The minimum Gasteiger partial charge on any atom is -0.322 e. The molecular formula is C15H21BrN4. The molecule has 0 aliphatic carbocycles. The summed E-state index contributed by atoms with van der Waals surface area (Å²) in [6, 6.07) is 3.87. The molecule has 108 valence electrons. The highest BCUT2D eigenvalue weighted by Crippen LogP contribution is 2.26. The summed E-state index contributed by atoms with van der Waals surface area (Å²) in [6.45, 7) is 7.10. The molecule has 4 nitrogen and oxygen atoms in total. The van der Waals surface area contributed by atoms with Gasteiger partial charge in [-0.05, 0) is 47.8 Å². The van der Waals surface area contributed by atoms with Crippen LogP contribution in [0.5, 0.6) is 0 Å². The second-order valence-corrected chi connectivity index (χ2v) is 5.69. The third-order valence-corrected chi connectivity index (χ3v) is 4.42. The summed E-state index contributed by atoms with van der Waals surface area (Å²) in [5, 5.41) is 4.61. The van der Waals surface area contributed by atoms with Gasteiger partial charge in [0.25, 0.3) is 0 Å². The molecule has 2 rings (SSSR count). The fourth-order valence-electron chi connectivity index (χ4n) is 2.40. The van der Waals surface area contributed by atoms with Crippen LogP contribution in [0.2, 0.25) is 0 Å². The molecule has 20 heavy (non-hydrogen) atoms. The van der Waals surface area contributed by atoms with Crippen molar-refractivity contribution in [3.05, 3.63) is 45.4 Å². The van der Waals surface area contributed by atoms with Crippen LogP contribution in [0.25, 0.3) is 0 Å².